The van der Waals surface area contributed by atoms with Gasteiger partial charge in [0, 0.05) is 37.2 Å². The van der Waals surface area contributed by atoms with Gasteiger partial charge >= 0.3 is 0 Å². The normalized spacial score (nSPS) is 14.5. The third-order valence-corrected chi connectivity index (χ3v) is 6.45. The van der Waals surface area contributed by atoms with Crippen LogP contribution in [0.25, 0.3) is 23.1 Å². The maximum atomic E-state index is 9.32. The van der Waals surface area contributed by atoms with E-state index >= 15 is 0 Å². The summed E-state index contributed by atoms with van der Waals surface area (Å²) in [5.41, 5.74) is 1.71. The second-order valence-electron chi connectivity index (χ2n) is 8.55. The summed E-state index contributed by atoms with van der Waals surface area (Å²) in [6.07, 6.45) is 6.74. The lowest BCUT2D eigenvalue weighted by molar-refractivity contribution is 0.240. The van der Waals surface area contributed by atoms with E-state index in [9.17, 15) is 5.11 Å². The van der Waals surface area contributed by atoms with E-state index in [4.69, 9.17) is 28.9 Å². The van der Waals surface area contributed by atoms with E-state index in [1.54, 1.807) is 28.4 Å². The van der Waals surface area contributed by atoms with Gasteiger partial charge in [-0.2, -0.15) is 0 Å². The number of nitrogens with zero attached hydrogens (tertiary/aromatic N) is 3. The highest BCUT2D eigenvalue weighted by Crippen LogP contribution is 2.36. The van der Waals surface area contributed by atoms with Crippen LogP contribution >= 0.6 is 0 Å². The Kier molecular flexibility index (Phi) is 7.92. The summed E-state index contributed by atoms with van der Waals surface area (Å²) >= 11 is 0. The third-order valence-electron chi connectivity index (χ3n) is 6.45. The highest BCUT2D eigenvalue weighted by molar-refractivity contribution is 5.93. The van der Waals surface area contributed by atoms with Gasteiger partial charge < -0.3 is 29.0 Å². The number of aliphatic hydroxyl groups is 1. The van der Waals surface area contributed by atoms with E-state index in [1.165, 1.54) is 0 Å². The fourth-order valence-electron chi connectivity index (χ4n) is 4.49. The monoisotopic (exact) mass is 479 g/mol. The first-order chi connectivity index (χ1) is 17.1. The molecule has 1 aliphatic heterocycles. The van der Waals surface area contributed by atoms with E-state index < -0.39 is 0 Å². The molecule has 3 aromatic rings. The van der Waals surface area contributed by atoms with Crippen molar-refractivity contribution in [3.8, 4) is 23.0 Å². The van der Waals surface area contributed by atoms with E-state index in [1.807, 2.05) is 42.5 Å². The van der Waals surface area contributed by atoms with Crippen LogP contribution < -0.4 is 23.8 Å². The van der Waals surface area contributed by atoms with Crippen molar-refractivity contribution in [1.29, 1.82) is 0 Å². The average molecular weight is 480 g/mol. The molecular formula is C27H33N3O5. The van der Waals surface area contributed by atoms with Crippen molar-refractivity contribution in [2.45, 2.75) is 19.3 Å². The summed E-state index contributed by atoms with van der Waals surface area (Å²) in [7, 11) is 6.51. The summed E-state index contributed by atoms with van der Waals surface area (Å²) in [6.45, 7) is 1.99. The molecule has 8 nitrogen and oxygen atoms in total. The van der Waals surface area contributed by atoms with Gasteiger partial charge in [-0.1, -0.05) is 6.08 Å². The highest BCUT2D eigenvalue weighted by atomic mass is 16.5. The van der Waals surface area contributed by atoms with E-state index in [2.05, 4.69) is 4.90 Å². The number of ether oxygens (including phenoxy) is 4. The fourth-order valence-corrected chi connectivity index (χ4v) is 4.49. The Morgan fingerprint density at radius 2 is 1.51 bits per heavy atom. The number of rotatable bonds is 9. The first kappa shape index (κ1) is 24.6. The van der Waals surface area contributed by atoms with E-state index in [-0.39, 0.29) is 6.61 Å². The molecule has 0 atom stereocenters. The maximum absolute atomic E-state index is 9.32. The van der Waals surface area contributed by atoms with Gasteiger partial charge in [-0.3, -0.25) is 0 Å². The molecular weight excluding hydrogens is 446 g/mol. The van der Waals surface area contributed by atoms with Crippen LogP contribution in [0.5, 0.6) is 23.0 Å². The van der Waals surface area contributed by atoms with Crippen LogP contribution in [-0.2, 0) is 0 Å². The topological polar surface area (TPSA) is 86.2 Å². The lowest BCUT2D eigenvalue weighted by Crippen LogP contribution is -2.34. The lowest BCUT2D eigenvalue weighted by Gasteiger charge is -2.33. The predicted octanol–water partition coefficient (Wildman–Crippen LogP) is 4.43. The molecule has 0 amide bonds. The second kappa shape index (κ2) is 11.3. The number of benzene rings is 2. The molecule has 8 heteroatoms. The molecule has 1 N–H and O–H groups in total. The van der Waals surface area contributed by atoms with Gasteiger partial charge in [0.25, 0.3) is 0 Å². The summed E-state index contributed by atoms with van der Waals surface area (Å²) in [5, 5.41) is 10.2. The first-order valence-corrected chi connectivity index (χ1v) is 11.8. The van der Waals surface area contributed by atoms with Gasteiger partial charge in [-0.15, -0.1) is 0 Å². The minimum atomic E-state index is 0.238. The summed E-state index contributed by atoms with van der Waals surface area (Å²) in [5.74, 6) is 4.71. The average Bonchev–Trinajstić information content (AvgIpc) is 2.91. The molecule has 2 heterocycles. The van der Waals surface area contributed by atoms with Gasteiger partial charge in [-0.05, 0) is 55.0 Å². The summed E-state index contributed by atoms with van der Waals surface area (Å²) in [6, 6.07) is 9.54. The summed E-state index contributed by atoms with van der Waals surface area (Å²) in [4.78, 5) is 12.1. The number of hydrogen-bond acceptors (Lipinski definition) is 8. The maximum Gasteiger partial charge on any atom is 0.162 e. The molecule has 0 aliphatic carbocycles. The number of aromatic nitrogens is 2. The highest BCUT2D eigenvalue weighted by Gasteiger charge is 2.23. The minimum absolute atomic E-state index is 0.238. The van der Waals surface area contributed by atoms with Crippen molar-refractivity contribution in [2.24, 2.45) is 5.92 Å². The number of hydrogen-bond donors (Lipinski definition) is 1. The molecule has 0 unspecified atom stereocenters. The van der Waals surface area contributed by atoms with Crippen molar-refractivity contribution < 1.29 is 24.1 Å². The zero-order valence-corrected chi connectivity index (χ0v) is 20.8. The number of anilines is 1. The Labute approximate surface area is 206 Å². The van der Waals surface area contributed by atoms with Crippen molar-refractivity contribution in [3.05, 3.63) is 41.7 Å². The number of piperidine rings is 1. The van der Waals surface area contributed by atoms with Crippen LogP contribution in [0.1, 0.15) is 30.7 Å². The molecule has 0 spiro atoms. The molecule has 186 valence electrons. The van der Waals surface area contributed by atoms with Crippen molar-refractivity contribution in [2.75, 3.05) is 53.0 Å². The smallest absolute Gasteiger partial charge is 0.162 e. The largest absolute Gasteiger partial charge is 0.497 e. The van der Waals surface area contributed by atoms with Crippen molar-refractivity contribution >= 4 is 28.9 Å². The van der Waals surface area contributed by atoms with Crippen LogP contribution in [0.15, 0.2) is 30.3 Å². The van der Waals surface area contributed by atoms with Crippen LogP contribution in [0.4, 0.5) is 5.82 Å². The van der Waals surface area contributed by atoms with Gasteiger partial charge in [-0.25, -0.2) is 9.97 Å². The Hall–Kier alpha value is -3.52. The molecule has 4 rings (SSSR count). The summed E-state index contributed by atoms with van der Waals surface area (Å²) < 4.78 is 21.8. The quantitative estimate of drug-likeness (QED) is 0.482. The molecule has 1 fully saturated rings. The zero-order valence-electron chi connectivity index (χ0n) is 20.8. The molecule has 0 radical (unpaired) electrons. The van der Waals surface area contributed by atoms with Crippen LogP contribution in [0, 0.1) is 5.92 Å². The molecule has 1 saturated heterocycles. The van der Waals surface area contributed by atoms with Gasteiger partial charge in [0.15, 0.2) is 17.3 Å². The molecule has 0 saturated carbocycles. The third kappa shape index (κ3) is 5.59. The van der Waals surface area contributed by atoms with Gasteiger partial charge in [0.1, 0.15) is 17.3 Å². The van der Waals surface area contributed by atoms with E-state index in [0.717, 1.165) is 54.6 Å². The SMILES string of the molecule is COc1cc(/C=C/c2nc(N3CCC(CCO)CC3)c3cc(OC)c(OC)cc3n2)cc(OC)c1. The van der Waals surface area contributed by atoms with Crippen LogP contribution in [0.3, 0.4) is 0 Å². The zero-order chi connectivity index (χ0) is 24.8. The molecule has 1 aliphatic rings. The number of aliphatic hydroxyl groups excluding tert-OH is 1. The van der Waals surface area contributed by atoms with E-state index in [0.29, 0.717) is 34.7 Å². The lowest BCUT2D eigenvalue weighted by atomic mass is 9.94. The first-order valence-electron chi connectivity index (χ1n) is 11.8. The molecule has 35 heavy (non-hydrogen) atoms. The van der Waals surface area contributed by atoms with Crippen molar-refractivity contribution in [3.63, 3.8) is 0 Å². The number of fused-ring (bicyclic) bond motifs is 1. The Balaban J connectivity index is 1.75. The van der Waals surface area contributed by atoms with Crippen LogP contribution in [-0.4, -0.2) is 63.2 Å². The standard InChI is InChI=1S/C27H33N3O5/c1-32-20-13-19(14-21(15-20)33-2)5-6-26-28-23-17-25(35-4)24(34-3)16-22(23)27(29-26)30-10-7-18(8-11-30)9-12-31/h5-6,13-18,31H,7-12H2,1-4H3/b6-5+. The number of methoxy groups -OCH3 is 4. The molecule has 2 aromatic carbocycles. The Morgan fingerprint density at radius 1 is 0.857 bits per heavy atom. The van der Waals surface area contributed by atoms with Gasteiger partial charge in [0.2, 0.25) is 0 Å². The molecule has 0 bridgehead atoms. The minimum Gasteiger partial charge on any atom is -0.497 e. The fraction of sp³-hybridized carbons (Fsp3) is 0.407. The van der Waals surface area contributed by atoms with Crippen LogP contribution in [0.2, 0.25) is 0 Å². The Morgan fingerprint density at radius 3 is 2.11 bits per heavy atom. The van der Waals surface area contributed by atoms with Crippen molar-refractivity contribution in [1.82, 2.24) is 9.97 Å². The second-order valence-corrected chi connectivity index (χ2v) is 8.55. The molecule has 1 aromatic heterocycles. The van der Waals surface area contributed by atoms with Gasteiger partial charge in [0.05, 0.1) is 34.0 Å². The predicted molar refractivity (Wildman–Crippen MR) is 138 cm³/mol. The Bertz CT molecular complexity index is 1170.